The maximum Gasteiger partial charge on any atom is 0.313 e. The zero-order chi connectivity index (χ0) is 6.36. The fourth-order valence-corrected chi connectivity index (χ4v) is 0.662. The molecule has 0 saturated carbocycles. The number of carbonyl (C=O) groups excluding carboxylic acids is 1. The first kappa shape index (κ1) is 5.60. The molecule has 1 aliphatic rings. The normalized spacial score (nSPS) is 33.4. The molecule has 1 heterocycles. The Kier molecular flexibility index (Phi) is 0.872. The highest BCUT2D eigenvalue weighted by Crippen LogP contribution is 2.32. The van der Waals surface area contributed by atoms with Gasteiger partial charge in [-0.1, -0.05) is 0 Å². The lowest BCUT2D eigenvalue weighted by atomic mass is 9.87. The van der Waals surface area contributed by atoms with E-state index < -0.39 is 0 Å². The van der Waals surface area contributed by atoms with Crippen LogP contribution in [-0.2, 0) is 9.53 Å². The van der Waals surface area contributed by atoms with E-state index in [0.717, 1.165) is 0 Å². The standard InChI is InChI=1S/C6H10O2/c1-4-5(7)8-6(4,2)3/h4H,1-3H3. The van der Waals surface area contributed by atoms with Crippen LogP contribution in [0.3, 0.4) is 0 Å². The minimum absolute atomic E-state index is 0.0741. The molecule has 1 rings (SSSR count). The van der Waals surface area contributed by atoms with Crippen LogP contribution in [0, 0.1) is 5.92 Å². The van der Waals surface area contributed by atoms with Gasteiger partial charge in [-0.05, 0) is 20.8 Å². The Hall–Kier alpha value is -0.530. The second-order valence-electron chi connectivity index (χ2n) is 2.75. The molecule has 46 valence electrons. The summed E-state index contributed by atoms with van der Waals surface area (Å²) in [5.41, 5.74) is -0.197. The van der Waals surface area contributed by atoms with Crippen LogP contribution in [-0.4, -0.2) is 11.6 Å². The summed E-state index contributed by atoms with van der Waals surface area (Å²) in [6.07, 6.45) is 0. The molecule has 0 aromatic heterocycles. The molecule has 0 N–H and O–H groups in total. The van der Waals surface area contributed by atoms with Crippen LogP contribution in [0.2, 0.25) is 0 Å². The van der Waals surface area contributed by atoms with Crippen LogP contribution in [0.25, 0.3) is 0 Å². The van der Waals surface area contributed by atoms with Crippen LogP contribution < -0.4 is 0 Å². The Bertz CT molecular complexity index is 126. The van der Waals surface area contributed by atoms with E-state index in [1.807, 2.05) is 20.8 Å². The van der Waals surface area contributed by atoms with Crippen molar-refractivity contribution in [3.05, 3.63) is 0 Å². The summed E-state index contributed by atoms with van der Waals surface area (Å²) in [5, 5.41) is 0. The maximum absolute atomic E-state index is 10.4. The summed E-state index contributed by atoms with van der Waals surface area (Å²) in [6, 6.07) is 0. The molecule has 1 unspecified atom stereocenters. The van der Waals surface area contributed by atoms with Crippen molar-refractivity contribution >= 4 is 5.97 Å². The van der Waals surface area contributed by atoms with E-state index in [1.165, 1.54) is 0 Å². The van der Waals surface area contributed by atoms with Crippen molar-refractivity contribution in [3.8, 4) is 0 Å². The minimum atomic E-state index is -0.197. The summed E-state index contributed by atoms with van der Waals surface area (Å²) in [4.78, 5) is 10.4. The van der Waals surface area contributed by atoms with Crippen molar-refractivity contribution < 1.29 is 9.53 Å². The molecular formula is C6H10O2. The third-order valence-corrected chi connectivity index (χ3v) is 1.76. The molecule has 8 heavy (non-hydrogen) atoms. The molecule has 1 aliphatic heterocycles. The summed E-state index contributed by atoms with van der Waals surface area (Å²) >= 11 is 0. The Morgan fingerprint density at radius 1 is 1.62 bits per heavy atom. The van der Waals surface area contributed by atoms with Gasteiger partial charge in [-0.3, -0.25) is 4.79 Å². The van der Waals surface area contributed by atoms with Crippen LogP contribution in [0.1, 0.15) is 20.8 Å². The molecule has 0 aromatic rings. The van der Waals surface area contributed by atoms with Gasteiger partial charge in [0, 0.05) is 0 Å². The zero-order valence-electron chi connectivity index (χ0n) is 5.39. The average molecular weight is 114 g/mol. The van der Waals surface area contributed by atoms with Gasteiger partial charge >= 0.3 is 5.97 Å². The van der Waals surface area contributed by atoms with Crippen molar-refractivity contribution in [1.82, 2.24) is 0 Å². The number of hydrogen-bond acceptors (Lipinski definition) is 2. The topological polar surface area (TPSA) is 26.3 Å². The first-order valence-electron chi connectivity index (χ1n) is 2.77. The van der Waals surface area contributed by atoms with Gasteiger partial charge in [-0.2, -0.15) is 0 Å². The SMILES string of the molecule is CC1C(=O)OC1(C)C. The third-order valence-electron chi connectivity index (χ3n) is 1.76. The Labute approximate surface area is 48.8 Å². The predicted octanol–water partition coefficient (Wildman–Crippen LogP) is 0.958. The lowest BCUT2D eigenvalue weighted by Crippen LogP contribution is -2.51. The predicted molar refractivity (Wildman–Crippen MR) is 29.3 cm³/mol. The summed E-state index contributed by atoms with van der Waals surface area (Å²) in [6.45, 7) is 5.71. The summed E-state index contributed by atoms with van der Waals surface area (Å²) in [5.74, 6) is 0.0116. The second kappa shape index (κ2) is 1.24. The zero-order valence-corrected chi connectivity index (χ0v) is 5.39. The van der Waals surface area contributed by atoms with Gasteiger partial charge in [0.1, 0.15) is 5.60 Å². The van der Waals surface area contributed by atoms with Gasteiger partial charge in [0.2, 0.25) is 0 Å². The lowest BCUT2D eigenvalue weighted by Gasteiger charge is -2.40. The fraction of sp³-hybridized carbons (Fsp3) is 0.833. The molecule has 2 heteroatoms. The highest BCUT2D eigenvalue weighted by atomic mass is 16.6. The van der Waals surface area contributed by atoms with Crippen molar-refractivity contribution in [3.63, 3.8) is 0 Å². The molecule has 0 amide bonds. The number of hydrogen-bond donors (Lipinski definition) is 0. The molecule has 1 atom stereocenters. The molecule has 0 aliphatic carbocycles. The van der Waals surface area contributed by atoms with Gasteiger partial charge in [0.15, 0.2) is 0 Å². The number of cyclic esters (lactones) is 1. The quantitative estimate of drug-likeness (QED) is 0.438. The Balaban J connectivity index is 2.60. The molecule has 1 fully saturated rings. The van der Waals surface area contributed by atoms with Crippen LogP contribution in [0.5, 0.6) is 0 Å². The van der Waals surface area contributed by atoms with E-state index in [1.54, 1.807) is 0 Å². The Morgan fingerprint density at radius 2 is 2.12 bits per heavy atom. The largest absolute Gasteiger partial charge is 0.458 e. The molecular weight excluding hydrogens is 104 g/mol. The van der Waals surface area contributed by atoms with Crippen molar-refractivity contribution in [1.29, 1.82) is 0 Å². The van der Waals surface area contributed by atoms with E-state index in [2.05, 4.69) is 0 Å². The smallest absolute Gasteiger partial charge is 0.313 e. The van der Waals surface area contributed by atoms with Gasteiger partial charge in [-0.15, -0.1) is 0 Å². The summed E-state index contributed by atoms with van der Waals surface area (Å²) < 4.78 is 4.80. The minimum Gasteiger partial charge on any atom is -0.458 e. The third kappa shape index (κ3) is 0.522. The first-order valence-corrected chi connectivity index (χ1v) is 2.77. The van der Waals surface area contributed by atoms with E-state index in [4.69, 9.17) is 4.74 Å². The number of carbonyl (C=O) groups is 1. The van der Waals surface area contributed by atoms with Crippen LogP contribution in [0.4, 0.5) is 0 Å². The van der Waals surface area contributed by atoms with E-state index in [-0.39, 0.29) is 17.5 Å². The lowest BCUT2D eigenvalue weighted by molar-refractivity contribution is -0.201. The monoisotopic (exact) mass is 114 g/mol. The van der Waals surface area contributed by atoms with Crippen LogP contribution >= 0.6 is 0 Å². The second-order valence-corrected chi connectivity index (χ2v) is 2.75. The van der Waals surface area contributed by atoms with E-state index in [9.17, 15) is 4.79 Å². The maximum atomic E-state index is 10.4. The highest BCUT2D eigenvalue weighted by molar-refractivity contribution is 5.79. The van der Waals surface area contributed by atoms with Crippen molar-refractivity contribution in [2.45, 2.75) is 26.4 Å². The molecule has 0 spiro atoms. The number of rotatable bonds is 0. The summed E-state index contributed by atoms with van der Waals surface area (Å²) in [7, 11) is 0. The van der Waals surface area contributed by atoms with E-state index in [0.29, 0.717) is 0 Å². The molecule has 1 saturated heterocycles. The van der Waals surface area contributed by atoms with Gasteiger partial charge in [0.05, 0.1) is 5.92 Å². The molecule has 0 aromatic carbocycles. The van der Waals surface area contributed by atoms with Gasteiger partial charge < -0.3 is 4.74 Å². The molecule has 0 bridgehead atoms. The van der Waals surface area contributed by atoms with Crippen molar-refractivity contribution in [2.75, 3.05) is 0 Å². The number of esters is 1. The fourth-order valence-electron chi connectivity index (χ4n) is 0.662. The Morgan fingerprint density at radius 3 is 2.12 bits per heavy atom. The highest BCUT2D eigenvalue weighted by Gasteiger charge is 2.45. The molecule has 0 radical (unpaired) electrons. The average Bonchev–Trinajstić information content (AvgIpc) is 1.65. The first-order chi connectivity index (χ1) is 3.54. The number of ether oxygens (including phenoxy) is 1. The molecule has 2 nitrogen and oxygen atoms in total. The van der Waals surface area contributed by atoms with E-state index >= 15 is 0 Å². The van der Waals surface area contributed by atoms with Crippen LogP contribution in [0.15, 0.2) is 0 Å². The van der Waals surface area contributed by atoms with Crippen molar-refractivity contribution in [2.24, 2.45) is 5.92 Å². The van der Waals surface area contributed by atoms with Gasteiger partial charge in [0.25, 0.3) is 0 Å². The van der Waals surface area contributed by atoms with Gasteiger partial charge in [-0.25, -0.2) is 0 Å².